The largest absolute Gasteiger partial charge is 0.356 e. The molecule has 1 aliphatic carbocycles. The molecular formula is C25H29N3. The smallest absolute Gasteiger partial charge is 0.116 e. The Hall–Kier alpha value is -2.65. The SMILES string of the molecule is CN1C2=C(c3ccccc3)C=CC(c3ccccc3)C2NC1C=NC(C)(C)C. The first-order valence-electron chi connectivity index (χ1n) is 10.0. The summed E-state index contributed by atoms with van der Waals surface area (Å²) >= 11 is 0. The number of benzene rings is 2. The summed E-state index contributed by atoms with van der Waals surface area (Å²) < 4.78 is 0. The van der Waals surface area contributed by atoms with Crippen molar-refractivity contribution in [3.63, 3.8) is 0 Å². The zero-order valence-electron chi connectivity index (χ0n) is 17.1. The fraction of sp³-hybridized carbons (Fsp3) is 0.320. The Bertz CT molecular complexity index is 904. The molecule has 3 unspecified atom stereocenters. The Labute approximate surface area is 168 Å². The van der Waals surface area contributed by atoms with E-state index in [9.17, 15) is 0 Å². The summed E-state index contributed by atoms with van der Waals surface area (Å²) in [4.78, 5) is 7.12. The van der Waals surface area contributed by atoms with Gasteiger partial charge in [0.1, 0.15) is 6.17 Å². The quantitative estimate of drug-likeness (QED) is 0.781. The zero-order valence-corrected chi connectivity index (χ0v) is 17.1. The van der Waals surface area contributed by atoms with E-state index in [-0.39, 0.29) is 17.7 Å². The molecule has 1 heterocycles. The van der Waals surface area contributed by atoms with Gasteiger partial charge in [0.05, 0.1) is 11.6 Å². The van der Waals surface area contributed by atoms with Crippen LogP contribution in [0.1, 0.15) is 37.8 Å². The summed E-state index contributed by atoms with van der Waals surface area (Å²) in [7, 11) is 2.17. The van der Waals surface area contributed by atoms with Crippen LogP contribution in [0.15, 0.2) is 83.5 Å². The lowest BCUT2D eigenvalue weighted by molar-refractivity contribution is 0.409. The van der Waals surface area contributed by atoms with Crippen LogP contribution in [-0.4, -0.2) is 35.9 Å². The van der Waals surface area contributed by atoms with E-state index in [0.717, 1.165) is 0 Å². The van der Waals surface area contributed by atoms with Crippen LogP contribution in [0.2, 0.25) is 0 Å². The molecule has 0 saturated carbocycles. The first-order valence-corrected chi connectivity index (χ1v) is 10.0. The normalized spacial score (nSPS) is 24.9. The second-order valence-corrected chi connectivity index (χ2v) is 8.61. The minimum absolute atomic E-state index is 0.0794. The van der Waals surface area contributed by atoms with Crippen molar-refractivity contribution in [3.05, 3.63) is 89.6 Å². The number of rotatable bonds is 3. The third kappa shape index (κ3) is 3.67. The molecule has 3 heteroatoms. The van der Waals surface area contributed by atoms with Crippen molar-refractivity contribution >= 4 is 11.8 Å². The van der Waals surface area contributed by atoms with Gasteiger partial charge in [-0.25, -0.2) is 0 Å². The molecule has 144 valence electrons. The molecule has 3 atom stereocenters. The zero-order chi connectivity index (χ0) is 19.7. The topological polar surface area (TPSA) is 27.6 Å². The molecule has 3 nitrogen and oxygen atoms in total. The molecule has 1 aliphatic heterocycles. The van der Waals surface area contributed by atoms with Crippen LogP contribution in [0, 0.1) is 0 Å². The van der Waals surface area contributed by atoms with Gasteiger partial charge in [0.25, 0.3) is 0 Å². The van der Waals surface area contributed by atoms with Gasteiger partial charge in [-0.05, 0) is 31.9 Å². The molecule has 28 heavy (non-hydrogen) atoms. The van der Waals surface area contributed by atoms with Crippen LogP contribution in [0.4, 0.5) is 0 Å². The molecule has 1 N–H and O–H groups in total. The second-order valence-electron chi connectivity index (χ2n) is 8.61. The number of likely N-dealkylation sites (N-methyl/N-ethyl adjacent to an activating group) is 1. The number of nitrogens with one attached hydrogen (secondary N) is 1. The summed E-state index contributed by atoms with van der Waals surface area (Å²) in [5.41, 5.74) is 5.15. The molecule has 1 saturated heterocycles. The van der Waals surface area contributed by atoms with Crippen molar-refractivity contribution in [1.82, 2.24) is 10.2 Å². The molecule has 0 amide bonds. The van der Waals surface area contributed by atoms with Gasteiger partial charge in [0, 0.05) is 30.5 Å². The van der Waals surface area contributed by atoms with Crippen LogP contribution in [0.5, 0.6) is 0 Å². The lowest BCUT2D eigenvalue weighted by Crippen LogP contribution is -2.38. The van der Waals surface area contributed by atoms with Gasteiger partial charge in [0.2, 0.25) is 0 Å². The summed E-state index contributed by atoms with van der Waals surface area (Å²) in [5.74, 6) is 0.305. The number of allylic oxidation sites excluding steroid dienone is 2. The number of hydrogen-bond donors (Lipinski definition) is 1. The first-order chi connectivity index (χ1) is 13.4. The van der Waals surface area contributed by atoms with Crippen molar-refractivity contribution in [2.24, 2.45) is 4.99 Å². The van der Waals surface area contributed by atoms with E-state index in [0.29, 0.717) is 5.92 Å². The molecule has 2 aromatic rings. The van der Waals surface area contributed by atoms with Crippen LogP contribution < -0.4 is 5.32 Å². The van der Waals surface area contributed by atoms with Crippen LogP contribution in [0.3, 0.4) is 0 Å². The first kappa shape index (κ1) is 18.7. The van der Waals surface area contributed by atoms with E-state index in [2.05, 4.69) is 117 Å². The molecular weight excluding hydrogens is 342 g/mol. The Kier molecular flexibility index (Phi) is 4.94. The van der Waals surface area contributed by atoms with Gasteiger partial charge in [0.15, 0.2) is 0 Å². The summed E-state index contributed by atoms with van der Waals surface area (Å²) in [5, 5.41) is 3.83. The molecule has 1 fully saturated rings. The molecule has 2 aliphatic rings. The van der Waals surface area contributed by atoms with Gasteiger partial charge in [-0.2, -0.15) is 0 Å². The average molecular weight is 372 g/mol. The molecule has 0 aromatic heterocycles. The van der Waals surface area contributed by atoms with E-state index in [1.54, 1.807) is 0 Å². The highest BCUT2D eigenvalue weighted by Crippen LogP contribution is 2.40. The minimum Gasteiger partial charge on any atom is -0.356 e. The maximum absolute atomic E-state index is 4.77. The van der Waals surface area contributed by atoms with Gasteiger partial charge in [-0.1, -0.05) is 72.8 Å². The van der Waals surface area contributed by atoms with Crippen molar-refractivity contribution in [3.8, 4) is 0 Å². The predicted octanol–water partition coefficient (Wildman–Crippen LogP) is 4.85. The van der Waals surface area contributed by atoms with Gasteiger partial charge < -0.3 is 4.90 Å². The minimum atomic E-state index is -0.0794. The molecule has 0 spiro atoms. The summed E-state index contributed by atoms with van der Waals surface area (Å²) in [6, 6.07) is 21.7. The third-order valence-electron chi connectivity index (χ3n) is 5.42. The molecule has 2 aromatic carbocycles. The highest BCUT2D eigenvalue weighted by molar-refractivity contribution is 5.81. The standard InChI is InChI=1S/C25H29N3/c1-25(2,3)26-17-22-27-23-20(18-11-7-5-8-12-18)15-16-21(24(23)28(22)4)19-13-9-6-10-14-19/h5-17,20,22-23,27H,1-4H3. The number of hydrogen-bond acceptors (Lipinski definition) is 3. The number of fused-ring (bicyclic) bond motifs is 1. The highest BCUT2D eigenvalue weighted by Gasteiger charge is 2.40. The Morgan fingerprint density at radius 3 is 2.25 bits per heavy atom. The molecule has 0 radical (unpaired) electrons. The van der Waals surface area contributed by atoms with E-state index in [1.807, 2.05) is 0 Å². The van der Waals surface area contributed by atoms with E-state index >= 15 is 0 Å². The Balaban J connectivity index is 1.77. The average Bonchev–Trinajstić information content (AvgIpc) is 3.03. The van der Waals surface area contributed by atoms with Crippen molar-refractivity contribution in [2.75, 3.05) is 7.05 Å². The monoisotopic (exact) mass is 371 g/mol. The Morgan fingerprint density at radius 2 is 1.61 bits per heavy atom. The Morgan fingerprint density at radius 1 is 0.964 bits per heavy atom. The lowest BCUT2D eigenvalue weighted by Gasteiger charge is -2.29. The van der Waals surface area contributed by atoms with E-state index < -0.39 is 0 Å². The van der Waals surface area contributed by atoms with Crippen molar-refractivity contribution < 1.29 is 0 Å². The van der Waals surface area contributed by atoms with Gasteiger partial charge >= 0.3 is 0 Å². The molecule has 4 rings (SSSR count). The van der Waals surface area contributed by atoms with Crippen molar-refractivity contribution in [1.29, 1.82) is 0 Å². The van der Waals surface area contributed by atoms with E-state index in [1.165, 1.54) is 22.4 Å². The lowest BCUT2D eigenvalue weighted by atomic mass is 9.82. The predicted molar refractivity (Wildman–Crippen MR) is 118 cm³/mol. The molecule has 0 bridgehead atoms. The van der Waals surface area contributed by atoms with Crippen LogP contribution >= 0.6 is 0 Å². The van der Waals surface area contributed by atoms with Gasteiger partial charge in [-0.15, -0.1) is 0 Å². The second kappa shape index (κ2) is 7.40. The summed E-state index contributed by atoms with van der Waals surface area (Å²) in [6.07, 6.45) is 6.79. The van der Waals surface area contributed by atoms with Crippen LogP contribution in [-0.2, 0) is 0 Å². The highest BCUT2D eigenvalue weighted by atomic mass is 15.3. The number of aliphatic imine (C=N–C) groups is 1. The van der Waals surface area contributed by atoms with Crippen LogP contribution in [0.25, 0.3) is 5.57 Å². The summed E-state index contributed by atoms with van der Waals surface area (Å²) in [6.45, 7) is 6.40. The third-order valence-corrected chi connectivity index (χ3v) is 5.42. The van der Waals surface area contributed by atoms with E-state index in [4.69, 9.17) is 4.99 Å². The maximum atomic E-state index is 4.77. The fourth-order valence-electron chi connectivity index (χ4n) is 4.05. The van der Waals surface area contributed by atoms with Crippen molar-refractivity contribution in [2.45, 2.75) is 44.4 Å². The fourth-order valence-corrected chi connectivity index (χ4v) is 4.05. The number of nitrogens with zero attached hydrogens (tertiary/aromatic N) is 2. The maximum Gasteiger partial charge on any atom is 0.116 e. The van der Waals surface area contributed by atoms with Gasteiger partial charge in [-0.3, -0.25) is 10.3 Å².